The SMILES string of the molecule is CCOC(OCC)[PH](O)(O)[Si](C)(C)C. The third-order valence-corrected chi connectivity index (χ3v) is 12.6. The summed E-state index contributed by atoms with van der Waals surface area (Å²) in [5.74, 6) is 0. The second kappa shape index (κ2) is 5.54. The Morgan fingerprint density at radius 3 is 1.64 bits per heavy atom. The van der Waals surface area contributed by atoms with Crippen molar-refractivity contribution in [1.29, 1.82) is 0 Å². The van der Waals surface area contributed by atoms with E-state index in [0.29, 0.717) is 13.2 Å². The van der Waals surface area contributed by atoms with Crippen LogP contribution in [-0.4, -0.2) is 36.8 Å². The van der Waals surface area contributed by atoms with Crippen molar-refractivity contribution in [2.24, 2.45) is 0 Å². The van der Waals surface area contributed by atoms with Crippen LogP contribution in [0, 0.1) is 0 Å². The predicted octanol–water partition coefficient (Wildman–Crippen LogP) is 1.74. The van der Waals surface area contributed by atoms with E-state index >= 15 is 0 Å². The molecule has 0 radical (unpaired) electrons. The second-order valence-corrected chi connectivity index (χ2v) is 17.4. The molecule has 0 fully saturated rings. The molecule has 0 heterocycles. The first-order valence-corrected chi connectivity index (χ1v) is 11.4. The van der Waals surface area contributed by atoms with Gasteiger partial charge in [-0.3, -0.25) is 0 Å². The van der Waals surface area contributed by atoms with Gasteiger partial charge in [0.25, 0.3) is 0 Å². The van der Waals surface area contributed by atoms with Gasteiger partial charge in [0.1, 0.15) is 0 Å². The fourth-order valence-corrected chi connectivity index (χ4v) is 5.06. The van der Waals surface area contributed by atoms with Crippen molar-refractivity contribution in [3.63, 3.8) is 0 Å². The summed E-state index contributed by atoms with van der Waals surface area (Å²) in [5.41, 5.74) is 0. The number of rotatable bonds is 6. The van der Waals surface area contributed by atoms with E-state index in [1.54, 1.807) is 0 Å². The molecule has 0 aromatic rings. The minimum atomic E-state index is -3.38. The van der Waals surface area contributed by atoms with Gasteiger partial charge < -0.3 is 0 Å². The van der Waals surface area contributed by atoms with Gasteiger partial charge in [-0.25, -0.2) is 0 Å². The first-order chi connectivity index (χ1) is 6.27. The van der Waals surface area contributed by atoms with Gasteiger partial charge in [-0.1, -0.05) is 0 Å². The zero-order valence-corrected chi connectivity index (χ0v) is 11.7. The maximum atomic E-state index is 10.1. The van der Waals surface area contributed by atoms with Crippen LogP contribution in [0.3, 0.4) is 0 Å². The predicted molar refractivity (Wildman–Crippen MR) is 63.1 cm³/mol. The van der Waals surface area contributed by atoms with Crippen molar-refractivity contribution >= 4 is 15.0 Å². The van der Waals surface area contributed by atoms with E-state index in [2.05, 4.69) is 0 Å². The molecule has 0 spiro atoms. The molecule has 0 aliphatic carbocycles. The van der Waals surface area contributed by atoms with Crippen LogP contribution in [0.15, 0.2) is 0 Å². The Bertz CT molecular complexity index is 163. The molecule has 0 aromatic heterocycles. The van der Waals surface area contributed by atoms with E-state index in [1.807, 2.05) is 33.5 Å². The average Bonchev–Trinajstić information content (AvgIpc) is 2.02. The van der Waals surface area contributed by atoms with Crippen molar-refractivity contribution < 1.29 is 19.3 Å². The molecule has 6 heteroatoms. The Hall–Kier alpha value is 0.487. The van der Waals surface area contributed by atoms with Gasteiger partial charge in [0, 0.05) is 0 Å². The summed E-state index contributed by atoms with van der Waals surface area (Å²) in [6, 6.07) is -0.802. The first kappa shape index (κ1) is 14.5. The van der Waals surface area contributed by atoms with E-state index in [0.717, 1.165) is 0 Å². The summed E-state index contributed by atoms with van der Waals surface area (Å²) >= 11 is 0. The topological polar surface area (TPSA) is 58.9 Å². The van der Waals surface area contributed by atoms with E-state index in [9.17, 15) is 9.79 Å². The fraction of sp³-hybridized carbons (Fsp3) is 1.00. The zero-order valence-electron chi connectivity index (χ0n) is 9.70. The average molecular weight is 242 g/mol. The van der Waals surface area contributed by atoms with E-state index in [4.69, 9.17) is 9.47 Å². The third-order valence-electron chi connectivity index (χ3n) is 2.07. The van der Waals surface area contributed by atoms with Gasteiger partial charge >= 0.3 is 87.0 Å². The van der Waals surface area contributed by atoms with Crippen LogP contribution in [0.5, 0.6) is 0 Å². The summed E-state index contributed by atoms with van der Waals surface area (Å²) in [6.07, 6.45) is 0. The molecule has 0 aliphatic rings. The number of hydrogen-bond acceptors (Lipinski definition) is 4. The summed E-state index contributed by atoms with van der Waals surface area (Å²) in [4.78, 5) is 20.2. The molecule has 0 unspecified atom stereocenters. The molecule has 0 atom stereocenters. The summed E-state index contributed by atoms with van der Waals surface area (Å²) < 4.78 is 10.5. The molecule has 0 amide bonds. The second-order valence-electron chi connectivity index (χ2n) is 4.22. The molecule has 14 heavy (non-hydrogen) atoms. The van der Waals surface area contributed by atoms with Crippen LogP contribution < -0.4 is 0 Å². The van der Waals surface area contributed by atoms with Gasteiger partial charge in [0.05, 0.1) is 0 Å². The van der Waals surface area contributed by atoms with Crippen molar-refractivity contribution in [2.75, 3.05) is 13.2 Å². The van der Waals surface area contributed by atoms with Crippen LogP contribution in [0.25, 0.3) is 0 Å². The van der Waals surface area contributed by atoms with Crippen molar-refractivity contribution in [2.45, 2.75) is 39.5 Å². The molecular formula is C8H23O4PSi. The summed E-state index contributed by atoms with van der Waals surface area (Å²) in [5, 5.41) is 0. The van der Waals surface area contributed by atoms with E-state index < -0.39 is 21.0 Å². The third kappa shape index (κ3) is 3.57. The number of hydrogen-bond donors (Lipinski definition) is 2. The Kier molecular flexibility index (Phi) is 5.73. The molecule has 0 aromatic carbocycles. The van der Waals surface area contributed by atoms with Crippen molar-refractivity contribution in [1.82, 2.24) is 0 Å². The monoisotopic (exact) mass is 242 g/mol. The summed E-state index contributed by atoms with van der Waals surface area (Å²) in [7, 11) is -5.40. The molecule has 4 nitrogen and oxygen atoms in total. The van der Waals surface area contributed by atoms with Crippen molar-refractivity contribution in [3.8, 4) is 0 Å². The quantitative estimate of drug-likeness (QED) is 0.423. The number of ether oxygens (including phenoxy) is 2. The minimum absolute atomic E-state index is 0.436. The Morgan fingerprint density at radius 1 is 1.07 bits per heavy atom. The van der Waals surface area contributed by atoms with Gasteiger partial charge in [0.2, 0.25) is 0 Å². The van der Waals surface area contributed by atoms with Gasteiger partial charge in [-0.15, -0.1) is 0 Å². The Balaban J connectivity index is 4.61. The molecule has 0 rings (SSSR count). The molecule has 0 saturated carbocycles. The van der Waals surface area contributed by atoms with Crippen LogP contribution in [0.1, 0.15) is 13.8 Å². The molecule has 0 aliphatic heterocycles. The van der Waals surface area contributed by atoms with Crippen LogP contribution in [-0.2, 0) is 9.47 Å². The van der Waals surface area contributed by atoms with Crippen LogP contribution >= 0.6 is 7.26 Å². The normalized spacial score (nSPS) is 14.9. The van der Waals surface area contributed by atoms with Gasteiger partial charge in [-0.05, 0) is 0 Å². The van der Waals surface area contributed by atoms with Crippen molar-refractivity contribution in [3.05, 3.63) is 0 Å². The standard InChI is InChI=1S/C8H23O4PSi/c1-6-11-8(12-7-2)13(9,10)14(3,4)5/h8-10,13H,6-7H2,1-5H3. The van der Waals surface area contributed by atoms with Gasteiger partial charge in [0.15, 0.2) is 0 Å². The van der Waals surface area contributed by atoms with E-state index in [-0.39, 0.29) is 0 Å². The molecule has 88 valence electrons. The maximum absolute atomic E-state index is 10.1. The van der Waals surface area contributed by atoms with Crippen LogP contribution in [0.4, 0.5) is 0 Å². The summed E-state index contributed by atoms with van der Waals surface area (Å²) in [6.45, 7) is 10.3. The molecular weight excluding hydrogens is 219 g/mol. The zero-order chi connectivity index (χ0) is 11.4. The Morgan fingerprint density at radius 2 is 1.43 bits per heavy atom. The Labute approximate surface area is 87.6 Å². The first-order valence-electron chi connectivity index (χ1n) is 4.95. The van der Waals surface area contributed by atoms with Crippen LogP contribution in [0.2, 0.25) is 19.6 Å². The van der Waals surface area contributed by atoms with Gasteiger partial charge in [-0.2, -0.15) is 0 Å². The molecule has 0 saturated heterocycles. The molecule has 0 bridgehead atoms. The van der Waals surface area contributed by atoms with E-state index in [1.165, 1.54) is 0 Å². The molecule has 2 N–H and O–H groups in total. The fourth-order valence-electron chi connectivity index (χ4n) is 0.937.